The summed E-state index contributed by atoms with van der Waals surface area (Å²) in [5.41, 5.74) is 2.10. The first-order valence-corrected chi connectivity index (χ1v) is 6.08. The third-order valence-electron chi connectivity index (χ3n) is 2.54. The maximum Gasteiger partial charge on any atom is 0.136 e. The van der Waals surface area contributed by atoms with Crippen LogP contribution in [0.5, 0.6) is 0 Å². The highest BCUT2D eigenvalue weighted by molar-refractivity contribution is 6.30. The van der Waals surface area contributed by atoms with Gasteiger partial charge in [0.05, 0.1) is 0 Å². The molecule has 0 aliphatic heterocycles. The molecular weight excluding hydrogens is 220 g/mol. The van der Waals surface area contributed by atoms with Gasteiger partial charge in [-0.2, -0.15) is 0 Å². The van der Waals surface area contributed by atoms with E-state index in [0.29, 0.717) is 5.15 Å². The SMILES string of the molecule is C=Cc1cc(CN(CC)CCC)cnc1Cl. The van der Waals surface area contributed by atoms with Gasteiger partial charge in [0.2, 0.25) is 0 Å². The van der Waals surface area contributed by atoms with Crippen molar-refractivity contribution >= 4 is 17.7 Å². The Morgan fingerprint density at radius 3 is 2.81 bits per heavy atom. The minimum Gasteiger partial charge on any atom is -0.299 e. The number of pyridine rings is 1. The lowest BCUT2D eigenvalue weighted by Gasteiger charge is -2.19. The fraction of sp³-hybridized carbons (Fsp3) is 0.462. The molecule has 0 N–H and O–H groups in total. The summed E-state index contributed by atoms with van der Waals surface area (Å²) in [7, 11) is 0. The van der Waals surface area contributed by atoms with Crippen LogP contribution in [0.3, 0.4) is 0 Å². The maximum atomic E-state index is 5.93. The van der Waals surface area contributed by atoms with Crippen molar-refractivity contribution in [2.75, 3.05) is 13.1 Å². The van der Waals surface area contributed by atoms with Crippen LogP contribution < -0.4 is 0 Å². The van der Waals surface area contributed by atoms with Gasteiger partial charge in [-0.1, -0.05) is 38.1 Å². The standard InChI is InChI=1S/C13H19ClN2/c1-4-7-16(6-3)10-11-8-12(5-2)13(14)15-9-11/h5,8-9H,2,4,6-7,10H2,1,3H3. The van der Waals surface area contributed by atoms with Crippen LogP contribution in [0.1, 0.15) is 31.4 Å². The van der Waals surface area contributed by atoms with Crippen LogP contribution in [-0.4, -0.2) is 23.0 Å². The van der Waals surface area contributed by atoms with E-state index >= 15 is 0 Å². The van der Waals surface area contributed by atoms with Gasteiger partial charge in [-0.05, 0) is 31.1 Å². The molecule has 88 valence electrons. The van der Waals surface area contributed by atoms with E-state index in [-0.39, 0.29) is 0 Å². The minimum absolute atomic E-state index is 0.525. The van der Waals surface area contributed by atoms with Crippen molar-refractivity contribution in [2.24, 2.45) is 0 Å². The largest absolute Gasteiger partial charge is 0.299 e. The van der Waals surface area contributed by atoms with Crippen LogP contribution in [0.25, 0.3) is 6.08 Å². The van der Waals surface area contributed by atoms with Gasteiger partial charge in [0, 0.05) is 18.3 Å². The topological polar surface area (TPSA) is 16.1 Å². The van der Waals surface area contributed by atoms with Crippen molar-refractivity contribution in [2.45, 2.75) is 26.8 Å². The Labute approximate surface area is 103 Å². The first-order valence-electron chi connectivity index (χ1n) is 5.70. The zero-order valence-corrected chi connectivity index (χ0v) is 10.8. The molecule has 0 atom stereocenters. The van der Waals surface area contributed by atoms with Gasteiger partial charge < -0.3 is 0 Å². The number of nitrogens with zero attached hydrogens (tertiary/aromatic N) is 2. The summed E-state index contributed by atoms with van der Waals surface area (Å²) in [6.45, 7) is 11.2. The Hall–Kier alpha value is -0.860. The molecule has 0 saturated carbocycles. The van der Waals surface area contributed by atoms with Gasteiger partial charge in [-0.3, -0.25) is 4.90 Å². The monoisotopic (exact) mass is 238 g/mol. The fourth-order valence-electron chi connectivity index (χ4n) is 1.66. The molecule has 0 aromatic carbocycles. The minimum atomic E-state index is 0.525. The number of hydrogen-bond acceptors (Lipinski definition) is 2. The molecule has 16 heavy (non-hydrogen) atoms. The van der Waals surface area contributed by atoms with Crippen molar-refractivity contribution in [3.8, 4) is 0 Å². The van der Waals surface area contributed by atoms with Gasteiger partial charge >= 0.3 is 0 Å². The maximum absolute atomic E-state index is 5.93. The summed E-state index contributed by atoms with van der Waals surface area (Å²) in [4.78, 5) is 6.55. The third kappa shape index (κ3) is 3.62. The predicted octanol–water partition coefficient (Wildman–Crippen LogP) is 3.61. The van der Waals surface area contributed by atoms with Crippen molar-refractivity contribution in [3.63, 3.8) is 0 Å². The number of halogens is 1. The van der Waals surface area contributed by atoms with E-state index in [9.17, 15) is 0 Å². The Kier molecular flexibility index (Phi) is 5.50. The first kappa shape index (κ1) is 13.2. The summed E-state index contributed by atoms with van der Waals surface area (Å²) in [6.07, 6.45) is 4.76. The van der Waals surface area contributed by atoms with Gasteiger partial charge in [0.15, 0.2) is 0 Å². The molecule has 1 aromatic heterocycles. The van der Waals surface area contributed by atoms with E-state index in [2.05, 4.69) is 36.4 Å². The lowest BCUT2D eigenvalue weighted by molar-refractivity contribution is 0.280. The molecule has 0 spiro atoms. The van der Waals surface area contributed by atoms with E-state index in [1.54, 1.807) is 6.08 Å². The van der Waals surface area contributed by atoms with Crippen molar-refractivity contribution in [1.29, 1.82) is 0 Å². The van der Waals surface area contributed by atoms with E-state index in [0.717, 1.165) is 25.2 Å². The zero-order chi connectivity index (χ0) is 12.0. The molecule has 2 nitrogen and oxygen atoms in total. The summed E-state index contributed by atoms with van der Waals surface area (Å²) in [5, 5.41) is 0.525. The van der Waals surface area contributed by atoms with Gasteiger partial charge in [0.25, 0.3) is 0 Å². The van der Waals surface area contributed by atoms with E-state index in [1.807, 2.05) is 6.20 Å². The average molecular weight is 239 g/mol. The van der Waals surface area contributed by atoms with E-state index in [4.69, 9.17) is 11.6 Å². The highest BCUT2D eigenvalue weighted by Gasteiger charge is 2.05. The van der Waals surface area contributed by atoms with Gasteiger partial charge in [-0.15, -0.1) is 0 Å². The Bertz CT molecular complexity index is 350. The molecule has 0 radical (unpaired) electrons. The molecule has 0 aliphatic carbocycles. The second-order valence-corrected chi connectivity index (χ2v) is 4.15. The van der Waals surface area contributed by atoms with Crippen LogP contribution in [0.15, 0.2) is 18.8 Å². The Morgan fingerprint density at radius 1 is 1.50 bits per heavy atom. The molecule has 0 unspecified atom stereocenters. The zero-order valence-electron chi connectivity index (χ0n) is 10.0. The smallest absolute Gasteiger partial charge is 0.136 e. The molecule has 1 rings (SSSR count). The highest BCUT2D eigenvalue weighted by Crippen LogP contribution is 2.16. The van der Waals surface area contributed by atoms with Crippen LogP contribution in [0.2, 0.25) is 5.15 Å². The van der Waals surface area contributed by atoms with Gasteiger partial charge in [0.1, 0.15) is 5.15 Å². The summed E-state index contributed by atoms with van der Waals surface area (Å²) in [6, 6.07) is 2.06. The molecule has 0 aliphatic rings. The van der Waals surface area contributed by atoms with Crippen molar-refractivity contribution in [1.82, 2.24) is 9.88 Å². The van der Waals surface area contributed by atoms with Gasteiger partial charge in [-0.25, -0.2) is 4.98 Å². The van der Waals surface area contributed by atoms with Crippen LogP contribution in [0, 0.1) is 0 Å². The van der Waals surface area contributed by atoms with Crippen LogP contribution in [0.4, 0.5) is 0 Å². The Morgan fingerprint density at radius 2 is 2.25 bits per heavy atom. The number of rotatable bonds is 6. The van der Waals surface area contributed by atoms with Crippen LogP contribution in [-0.2, 0) is 6.54 Å². The van der Waals surface area contributed by atoms with E-state index < -0.39 is 0 Å². The second-order valence-electron chi connectivity index (χ2n) is 3.80. The quantitative estimate of drug-likeness (QED) is 0.704. The average Bonchev–Trinajstić information content (AvgIpc) is 2.30. The second kappa shape index (κ2) is 6.66. The molecule has 0 fully saturated rings. The van der Waals surface area contributed by atoms with Crippen LogP contribution >= 0.6 is 11.6 Å². The number of hydrogen-bond donors (Lipinski definition) is 0. The lowest BCUT2D eigenvalue weighted by Crippen LogP contribution is -2.23. The summed E-state index contributed by atoms with van der Waals surface area (Å²) in [5.74, 6) is 0. The molecule has 1 aromatic rings. The summed E-state index contributed by atoms with van der Waals surface area (Å²) < 4.78 is 0. The highest BCUT2D eigenvalue weighted by atomic mass is 35.5. The fourth-order valence-corrected chi connectivity index (χ4v) is 1.84. The van der Waals surface area contributed by atoms with E-state index in [1.165, 1.54) is 12.0 Å². The Balaban J connectivity index is 2.76. The predicted molar refractivity (Wildman–Crippen MR) is 70.6 cm³/mol. The molecule has 0 bridgehead atoms. The molecular formula is C13H19ClN2. The van der Waals surface area contributed by atoms with Crippen molar-refractivity contribution < 1.29 is 0 Å². The van der Waals surface area contributed by atoms with Crippen molar-refractivity contribution in [3.05, 3.63) is 35.1 Å². The summed E-state index contributed by atoms with van der Waals surface area (Å²) >= 11 is 5.93. The molecule has 0 saturated heterocycles. The number of aromatic nitrogens is 1. The first-order chi connectivity index (χ1) is 7.71. The molecule has 1 heterocycles. The molecule has 3 heteroatoms. The normalized spacial score (nSPS) is 10.8. The molecule has 0 amide bonds. The lowest BCUT2D eigenvalue weighted by atomic mass is 10.2. The third-order valence-corrected chi connectivity index (χ3v) is 2.85.